The van der Waals surface area contributed by atoms with Gasteiger partial charge in [-0.05, 0) is 49.2 Å². The molecule has 0 fully saturated rings. The maximum Gasteiger partial charge on any atom is 0.143 e. The number of hydrogen-bond acceptors (Lipinski definition) is 4. The predicted molar refractivity (Wildman–Crippen MR) is 83.7 cm³/mol. The topological polar surface area (TPSA) is 57.9 Å². The lowest BCUT2D eigenvalue weighted by Gasteiger charge is -2.10. The third-order valence-corrected chi connectivity index (χ3v) is 3.17. The highest BCUT2D eigenvalue weighted by Crippen LogP contribution is 2.21. The number of anilines is 1. The van der Waals surface area contributed by atoms with E-state index in [2.05, 4.69) is 16.4 Å². The van der Waals surface area contributed by atoms with Gasteiger partial charge in [-0.25, -0.2) is 4.98 Å². The molecule has 21 heavy (non-hydrogen) atoms. The minimum atomic E-state index is 0.548. The molecule has 2 rings (SSSR count). The quantitative estimate of drug-likeness (QED) is 0.825. The molecule has 1 aromatic heterocycles. The molecule has 0 unspecified atom stereocenters. The summed E-state index contributed by atoms with van der Waals surface area (Å²) < 4.78 is 5.70. The minimum absolute atomic E-state index is 0.548. The van der Waals surface area contributed by atoms with Gasteiger partial charge in [0.05, 0.1) is 12.2 Å². The van der Waals surface area contributed by atoms with Gasteiger partial charge >= 0.3 is 0 Å². The van der Waals surface area contributed by atoms with Gasteiger partial charge in [0.2, 0.25) is 0 Å². The molecular weight excluding hydrogens is 286 g/mol. The fraction of sp³-hybridized carbons (Fsp3) is 0.250. The van der Waals surface area contributed by atoms with Crippen LogP contribution in [0.4, 0.5) is 5.82 Å². The number of benzene rings is 1. The molecule has 0 radical (unpaired) electrons. The van der Waals surface area contributed by atoms with E-state index >= 15 is 0 Å². The van der Waals surface area contributed by atoms with E-state index in [9.17, 15) is 0 Å². The van der Waals surface area contributed by atoms with Gasteiger partial charge in [-0.1, -0.05) is 11.6 Å². The largest absolute Gasteiger partial charge is 0.493 e. The summed E-state index contributed by atoms with van der Waals surface area (Å²) in [4.78, 5) is 4.14. The second-order valence-electron chi connectivity index (χ2n) is 4.55. The Hall–Kier alpha value is -2.25. The Morgan fingerprint density at radius 1 is 1.38 bits per heavy atom. The van der Waals surface area contributed by atoms with E-state index in [1.165, 1.54) is 0 Å². The lowest BCUT2D eigenvalue weighted by atomic mass is 10.2. The first-order chi connectivity index (χ1) is 10.2. The second kappa shape index (κ2) is 7.51. The number of nitriles is 1. The zero-order chi connectivity index (χ0) is 15.1. The van der Waals surface area contributed by atoms with Crippen molar-refractivity contribution in [3.05, 3.63) is 52.7 Å². The van der Waals surface area contributed by atoms with Crippen LogP contribution in [-0.2, 0) is 0 Å². The first-order valence-corrected chi connectivity index (χ1v) is 7.06. The fourth-order valence-electron chi connectivity index (χ4n) is 1.87. The summed E-state index contributed by atoms with van der Waals surface area (Å²) in [5, 5.41) is 12.8. The summed E-state index contributed by atoms with van der Waals surface area (Å²) in [7, 11) is 0. The number of nitrogens with zero attached hydrogens (tertiary/aromatic N) is 2. The Morgan fingerprint density at radius 3 is 3.00 bits per heavy atom. The van der Waals surface area contributed by atoms with Crippen molar-refractivity contribution in [2.45, 2.75) is 13.3 Å². The molecule has 5 heteroatoms. The van der Waals surface area contributed by atoms with Crippen molar-refractivity contribution < 1.29 is 4.74 Å². The van der Waals surface area contributed by atoms with Crippen LogP contribution in [0.1, 0.15) is 17.5 Å². The Morgan fingerprint density at radius 2 is 2.24 bits per heavy atom. The van der Waals surface area contributed by atoms with Crippen molar-refractivity contribution in [1.82, 2.24) is 4.98 Å². The zero-order valence-corrected chi connectivity index (χ0v) is 12.5. The van der Waals surface area contributed by atoms with Gasteiger partial charge in [0.15, 0.2) is 0 Å². The van der Waals surface area contributed by atoms with Crippen molar-refractivity contribution >= 4 is 17.4 Å². The Kier molecular flexibility index (Phi) is 5.42. The molecule has 2 aromatic rings. The van der Waals surface area contributed by atoms with Crippen molar-refractivity contribution in [2.24, 2.45) is 0 Å². The number of aromatic nitrogens is 1. The predicted octanol–water partition coefficient (Wildman–Crippen LogP) is 3.80. The summed E-state index contributed by atoms with van der Waals surface area (Å²) in [5.41, 5.74) is 1.57. The average molecular weight is 302 g/mol. The normalized spacial score (nSPS) is 9.95. The smallest absolute Gasteiger partial charge is 0.143 e. The Balaban J connectivity index is 1.76. The van der Waals surface area contributed by atoms with Crippen LogP contribution in [0, 0.1) is 18.3 Å². The molecule has 0 saturated carbocycles. The summed E-state index contributed by atoms with van der Waals surface area (Å²) in [6.45, 7) is 3.25. The molecule has 0 spiro atoms. The molecule has 108 valence electrons. The molecule has 1 aromatic carbocycles. The van der Waals surface area contributed by atoms with Crippen LogP contribution >= 0.6 is 11.6 Å². The van der Waals surface area contributed by atoms with Gasteiger partial charge < -0.3 is 10.1 Å². The summed E-state index contributed by atoms with van der Waals surface area (Å²) in [5.74, 6) is 1.46. The number of ether oxygens (including phenoxy) is 1. The molecule has 0 aliphatic heterocycles. The molecule has 1 N–H and O–H groups in total. The Labute approximate surface area is 129 Å². The first-order valence-electron chi connectivity index (χ1n) is 6.68. The molecule has 4 nitrogen and oxygen atoms in total. The number of nitrogens with one attached hydrogen (secondary N) is 1. The SMILES string of the molecule is Cc1cc(Cl)ccc1OCCCNc1ncccc1C#N. The first kappa shape index (κ1) is 15.1. The van der Waals surface area contributed by atoms with Crippen LogP contribution in [0.15, 0.2) is 36.5 Å². The van der Waals surface area contributed by atoms with E-state index in [1.54, 1.807) is 18.3 Å². The van der Waals surface area contributed by atoms with Gasteiger partial charge in [0.1, 0.15) is 17.6 Å². The van der Waals surface area contributed by atoms with Gasteiger partial charge in [0.25, 0.3) is 0 Å². The zero-order valence-electron chi connectivity index (χ0n) is 11.8. The van der Waals surface area contributed by atoms with E-state index in [0.717, 1.165) is 17.7 Å². The molecule has 1 heterocycles. The Bertz CT molecular complexity index is 652. The molecular formula is C16H16ClN3O. The monoisotopic (exact) mass is 301 g/mol. The third kappa shape index (κ3) is 4.37. The van der Waals surface area contributed by atoms with Crippen LogP contribution in [0.3, 0.4) is 0 Å². The number of hydrogen-bond donors (Lipinski definition) is 1. The van der Waals surface area contributed by atoms with Crippen LogP contribution < -0.4 is 10.1 Å². The van der Waals surface area contributed by atoms with Gasteiger partial charge in [-0.15, -0.1) is 0 Å². The molecule has 0 saturated heterocycles. The van der Waals surface area contributed by atoms with Crippen molar-refractivity contribution in [1.29, 1.82) is 5.26 Å². The van der Waals surface area contributed by atoms with Crippen LogP contribution in [0.2, 0.25) is 5.02 Å². The van der Waals surface area contributed by atoms with E-state index in [1.807, 2.05) is 25.1 Å². The number of aryl methyl sites for hydroxylation is 1. The van der Waals surface area contributed by atoms with E-state index in [4.69, 9.17) is 21.6 Å². The van der Waals surface area contributed by atoms with E-state index in [-0.39, 0.29) is 0 Å². The van der Waals surface area contributed by atoms with E-state index in [0.29, 0.717) is 29.6 Å². The van der Waals surface area contributed by atoms with Gasteiger partial charge in [-0.3, -0.25) is 0 Å². The van der Waals surface area contributed by atoms with Crippen molar-refractivity contribution in [3.8, 4) is 11.8 Å². The highest BCUT2D eigenvalue weighted by atomic mass is 35.5. The minimum Gasteiger partial charge on any atom is -0.493 e. The maximum atomic E-state index is 8.96. The molecule has 0 bridgehead atoms. The summed E-state index contributed by atoms with van der Waals surface area (Å²) in [6, 6.07) is 11.2. The average Bonchev–Trinajstić information content (AvgIpc) is 2.49. The molecule has 0 aliphatic carbocycles. The third-order valence-electron chi connectivity index (χ3n) is 2.94. The van der Waals surface area contributed by atoms with E-state index < -0.39 is 0 Å². The van der Waals surface area contributed by atoms with Crippen LogP contribution in [0.5, 0.6) is 5.75 Å². The number of pyridine rings is 1. The highest BCUT2D eigenvalue weighted by Gasteiger charge is 2.02. The van der Waals surface area contributed by atoms with Gasteiger partial charge in [-0.2, -0.15) is 5.26 Å². The molecule has 0 amide bonds. The summed E-state index contributed by atoms with van der Waals surface area (Å²) >= 11 is 5.90. The molecule has 0 aliphatic rings. The van der Waals surface area contributed by atoms with Crippen molar-refractivity contribution in [3.63, 3.8) is 0 Å². The number of halogens is 1. The lowest BCUT2D eigenvalue weighted by molar-refractivity contribution is 0.313. The maximum absolute atomic E-state index is 8.96. The number of rotatable bonds is 6. The lowest BCUT2D eigenvalue weighted by Crippen LogP contribution is -2.09. The van der Waals surface area contributed by atoms with Crippen LogP contribution in [-0.4, -0.2) is 18.1 Å². The summed E-state index contributed by atoms with van der Waals surface area (Å²) in [6.07, 6.45) is 2.47. The molecule has 0 atom stereocenters. The standard InChI is InChI=1S/C16H16ClN3O/c1-12-10-14(17)5-6-15(12)21-9-3-8-20-16-13(11-18)4-2-7-19-16/h2,4-7,10H,3,8-9H2,1H3,(H,19,20). The van der Waals surface area contributed by atoms with Gasteiger partial charge in [0, 0.05) is 17.8 Å². The fourth-order valence-corrected chi connectivity index (χ4v) is 2.10. The van der Waals surface area contributed by atoms with Crippen LogP contribution in [0.25, 0.3) is 0 Å². The second-order valence-corrected chi connectivity index (χ2v) is 4.99. The highest BCUT2D eigenvalue weighted by molar-refractivity contribution is 6.30. The van der Waals surface area contributed by atoms with Crippen molar-refractivity contribution in [2.75, 3.05) is 18.5 Å².